The van der Waals surface area contributed by atoms with Gasteiger partial charge in [0.2, 0.25) is 0 Å². The Kier molecular flexibility index (Phi) is 6.16. The predicted octanol–water partition coefficient (Wildman–Crippen LogP) is 1.42. The highest BCUT2D eigenvalue weighted by atomic mass is 16.6. The molecule has 0 unspecified atom stereocenters. The highest BCUT2D eigenvalue weighted by Crippen LogP contribution is 2.10. The van der Waals surface area contributed by atoms with Crippen molar-refractivity contribution in [3.8, 4) is 0 Å². The van der Waals surface area contributed by atoms with E-state index in [0.29, 0.717) is 0 Å². The normalized spacial score (nSPS) is 14.9. The molecule has 0 aliphatic carbocycles. The molecule has 0 heterocycles. The molecule has 1 N–H and O–H groups in total. The van der Waals surface area contributed by atoms with Crippen molar-refractivity contribution in [1.29, 1.82) is 0 Å². The van der Waals surface area contributed by atoms with Crippen LogP contribution in [0.4, 0.5) is 0 Å². The van der Waals surface area contributed by atoms with Crippen molar-refractivity contribution in [3.05, 3.63) is 0 Å². The standard InChI is InChI=1S/C12H22O5/c1-8(13)6-10(14)16-9(2)7-11(15)17-12(3,4)5/h8-9,13H,6-7H2,1-5H3/t8-,9+/m1/s1. The maximum atomic E-state index is 11.4. The summed E-state index contributed by atoms with van der Waals surface area (Å²) in [6.45, 7) is 8.43. The smallest absolute Gasteiger partial charge is 0.310 e. The molecule has 17 heavy (non-hydrogen) atoms. The van der Waals surface area contributed by atoms with E-state index >= 15 is 0 Å². The monoisotopic (exact) mass is 246 g/mol. The number of carbonyl (C=O) groups is 2. The van der Waals surface area contributed by atoms with E-state index in [1.807, 2.05) is 0 Å². The second-order valence-corrected chi connectivity index (χ2v) is 5.14. The second kappa shape index (κ2) is 6.59. The quantitative estimate of drug-likeness (QED) is 0.743. The fourth-order valence-electron chi connectivity index (χ4n) is 1.17. The average Bonchev–Trinajstić information content (AvgIpc) is 1.95. The van der Waals surface area contributed by atoms with Crippen molar-refractivity contribution in [1.82, 2.24) is 0 Å². The van der Waals surface area contributed by atoms with Gasteiger partial charge in [0.25, 0.3) is 0 Å². The minimum Gasteiger partial charge on any atom is -0.462 e. The third kappa shape index (κ3) is 9.81. The molecule has 2 atom stereocenters. The lowest BCUT2D eigenvalue weighted by molar-refractivity contribution is -0.161. The largest absolute Gasteiger partial charge is 0.462 e. The Bertz CT molecular complexity index is 265. The Labute approximate surface area is 102 Å². The molecule has 0 aromatic rings. The van der Waals surface area contributed by atoms with Gasteiger partial charge in [-0.1, -0.05) is 0 Å². The van der Waals surface area contributed by atoms with Crippen LogP contribution in [0, 0.1) is 0 Å². The molecule has 0 saturated carbocycles. The zero-order valence-electron chi connectivity index (χ0n) is 11.1. The summed E-state index contributed by atoms with van der Waals surface area (Å²) in [5, 5.41) is 8.98. The molecule has 0 aromatic heterocycles. The van der Waals surface area contributed by atoms with Crippen molar-refractivity contribution in [3.63, 3.8) is 0 Å². The van der Waals surface area contributed by atoms with Gasteiger partial charge in [-0.15, -0.1) is 0 Å². The summed E-state index contributed by atoms with van der Waals surface area (Å²) >= 11 is 0. The zero-order chi connectivity index (χ0) is 13.6. The van der Waals surface area contributed by atoms with Crippen LogP contribution in [0.25, 0.3) is 0 Å². The van der Waals surface area contributed by atoms with Gasteiger partial charge in [-0.2, -0.15) is 0 Å². The molecule has 0 aliphatic rings. The summed E-state index contributed by atoms with van der Waals surface area (Å²) in [5.74, 6) is -0.925. The first-order valence-electron chi connectivity index (χ1n) is 5.69. The lowest BCUT2D eigenvalue weighted by atomic mass is 10.2. The van der Waals surface area contributed by atoms with Gasteiger partial charge in [0, 0.05) is 0 Å². The molecule has 0 saturated heterocycles. The highest BCUT2D eigenvalue weighted by Gasteiger charge is 2.20. The molecule has 100 valence electrons. The number of aliphatic hydroxyl groups excluding tert-OH is 1. The van der Waals surface area contributed by atoms with Gasteiger partial charge in [-0.05, 0) is 34.6 Å². The molecule has 0 bridgehead atoms. The highest BCUT2D eigenvalue weighted by molar-refractivity contribution is 5.73. The van der Waals surface area contributed by atoms with Crippen LogP contribution in [0.5, 0.6) is 0 Å². The van der Waals surface area contributed by atoms with Crippen molar-refractivity contribution >= 4 is 11.9 Å². The first-order chi connectivity index (χ1) is 7.60. The van der Waals surface area contributed by atoms with Crippen LogP contribution in [0.3, 0.4) is 0 Å². The van der Waals surface area contributed by atoms with E-state index in [4.69, 9.17) is 14.6 Å². The van der Waals surface area contributed by atoms with Gasteiger partial charge < -0.3 is 14.6 Å². The maximum Gasteiger partial charge on any atom is 0.310 e. The molecule has 0 spiro atoms. The second-order valence-electron chi connectivity index (χ2n) is 5.14. The van der Waals surface area contributed by atoms with E-state index in [1.165, 1.54) is 6.92 Å². The molecular formula is C12H22O5. The zero-order valence-corrected chi connectivity index (χ0v) is 11.1. The summed E-state index contributed by atoms with van der Waals surface area (Å²) < 4.78 is 10.0. The molecule has 5 heteroatoms. The number of esters is 2. The first kappa shape index (κ1) is 15.9. The van der Waals surface area contributed by atoms with Crippen LogP contribution in [0.2, 0.25) is 0 Å². The van der Waals surface area contributed by atoms with Gasteiger partial charge in [0.05, 0.1) is 18.9 Å². The Morgan fingerprint density at radius 2 is 1.65 bits per heavy atom. The Balaban J connectivity index is 3.97. The average molecular weight is 246 g/mol. The van der Waals surface area contributed by atoms with E-state index in [1.54, 1.807) is 27.7 Å². The summed E-state index contributed by atoms with van der Waals surface area (Å²) in [6.07, 6.45) is -1.34. The van der Waals surface area contributed by atoms with E-state index in [2.05, 4.69) is 0 Å². The summed E-state index contributed by atoms with van der Waals surface area (Å²) in [4.78, 5) is 22.6. The molecule has 5 nitrogen and oxygen atoms in total. The molecule has 0 aliphatic heterocycles. The van der Waals surface area contributed by atoms with Crippen molar-refractivity contribution in [2.75, 3.05) is 0 Å². The van der Waals surface area contributed by atoms with Gasteiger partial charge >= 0.3 is 11.9 Å². The topological polar surface area (TPSA) is 72.8 Å². The SMILES string of the molecule is C[C@@H](O)CC(=O)O[C@@H](C)CC(=O)OC(C)(C)C. The van der Waals surface area contributed by atoms with Crippen molar-refractivity contribution in [2.45, 2.75) is 65.3 Å². The third-order valence-corrected chi connectivity index (χ3v) is 1.67. The van der Waals surface area contributed by atoms with Gasteiger partial charge in [-0.3, -0.25) is 9.59 Å². The molecule has 0 rings (SSSR count). The molecule has 0 radical (unpaired) electrons. The number of hydrogen-bond acceptors (Lipinski definition) is 5. The van der Waals surface area contributed by atoms with Crippen molar-refractivity contribution < 1.29 is 24.2 Å². The van der Waals surface area contributed by atoms with Gasteiger partial charge in [0.1, 0.15) is 11.7 Å². The minimum absolute atomic E-state index is 0.0167. The molecular weight excluding hydrogens is 224 g/mol. The number of carbonyl (C=O) groups excluding carboxylic acids is 2. The molecule has 0 fully saturated rings. The lowest BCUT2D eigenvalue weighted by Crippen LogP contribution is -2.27. The number of aliphatic hydroxyl groups is 1. The van der Waals surface area contributed by atoms with Crippen LogP contribution in [0.15, 0.2) is 0 Å². The van der Waals surface area contributed by atoms with E-state index < -0.39 is 29.7 Å². The van der Waals surface area contributed by atoms with Crippen LogP contribution in [-0.2, 0) is 19.1 Å². The predicted molar refractivity (Wildman–Crippen MR) is 62.3 cm³/mol. The van der Waals surface area contributed by atoms with Crippen LogP contribution in [-0.4, -0.2) is 34.9 Å². The third-order valence-electron chi connectivity index (χ3n) is 1.67. The van der Waals surface area contributed by atoms with Gasteiger partial charge in [0.15, 0.2) is 0 Å². The number of rotatable bonds is 5. The van der Waals surface area contributed by atoms with Crippen molar-refractivity contribution in [2.24, 2.45) is 0 Å². The summed E-state index contributed by atoms with van der Waals surface area (Å²) in [5.41, 5.74) is -0.541. The van der Waals surface area contributed by atoms with Crippen LogP contribution >= 0.6 is 0 Å². The van der Waals surface area contributed by atoms with E-state index in [-0.39, 0.29) is 12.8 Å². The molecule has 0 amide bonds. The van der Waals surface area contributed by atoms with E-state index in [9.17, 15) is 9.59 Å². The maximum absolute atomic E-state index is 11.4. The number of hydrogen-bond donors (Lipinski definition) is 1. The van der Waals surface area contributed by atoms with Crippen LogP contribution in [0.1, 0.15) is 47.5 Å². The lowest BCUT2D eigenvalue weighted by Gasteiger charge is -2.21. The Morgan fingerprint density at radius 3 is 2.06 bits per heavy atom. The summed E-state index contributed by atoms with van der Waals surface area (Å²) in [6, 6.07) is 0. The first-order valence-corrected chi connectivity index (χ1v) is 5.69. The van der Waals surface area contributed by atoms with Crippen LogP contribution < -0.4 is 0 Å². The molecule has 0 aromatic carbocycles. The van der Waals surface area contributed by atoms with E-state index in [0.717, 1.165) is 0 Å². The fraction of sp³-hybridized carbons (Fsp3) is 0.833. The summed E-state index contributed by atoms with van der Waals surface area (Å²) in [7, 11) is 0. The number of ether oxygens (including phenoxy) is 2. The Hall–Kier alpha value is -1.10. The van der Waals surface area contributed by atoms with Gasteiger partial charge in [-0.25, -0.2) is 0 Å². The Morgan fingerprint density at radius 1 is 1.12 bits per heavy atom. The minimum atomic E-state index is -0.740. The fourth-order valence-corrected chi connectivity index (χ4v) is 1.17.